The van der Waals surface area contributed by atoms with E-state index in [4.69, 9.17) is 16.2 Å². The second-order valence-corrected chi connectivity index (χ2v) is 15.9. The van der Waals surface area contributed by atoms with E-state index >= 15 is 0 Å². The van der Waals surface area contributed by atoms with Crippen LogP contribution in [0.25, 0.3) is 11.1 Å². The van der Waals surface area contributed by atoms with Gasteiger partial charge in [0.15, 0.2) is 0 Å². The molecule has 2 aromatic heterocycles. The molecule has 58 heavy (non-hydrogen) atoms. The number of H-pyrrole nitrogens is 1. The summed E-state index contributed by atoms with van der Waals surface area (Å²) in [7, 11) is 3.96. The maximum atomic E-state index is 11.8. The maximum Gasteiger partial charge on any atom is 0.407 e. The molecule has 12 heteroatoms. The van der Waals surface area contributed by atoms with Crippen LogP contribution in [0.15, 0.2) is 96.7 Å². The number of anilines is 1. The molecular formula is C46H67N8O3S+. The summed E-state index contributed by atoms with van der Waals surface area (Å²) in [6.45, 7) is 17.0. The van der Waals surface area contributed by atoms with Crippen LogP contribution in [0.4, 0.5) is 10.5 Å². The zero-order valence-electron chi connectivity index (χ0n) is 36.3. The van der Waals surface area contributed by atoms with E-state index in [1.165, 1.54) is 44.1 Å². The molecule has 2 amide bonds. The maximum absolute atomic E-state index is 11.8. The molecule has 0 spiro atoms. The highest BCUT2D eigenvalue weighted by molar-refractivity contribution is 7.99. The number of aromatic nitrogens is 4. The van der Waals surface area contributed by atoms with Gasteiger partial charge in [0.05, 0.1) is 19.1 Å². The molecule has 314 valence electrons. The molecule has 0 bridgehead atoms. The highest BCUT2D eigenvalue weighted by atomic mass is 32.2. The Labute approximate surface area is 351 Å². The monoisotopic (exact) mass is 812 g/mol. The van der Waals surface area contributed by atoms with Crippen molar-refractivity contribution in [2.24, 2.45) is 25.6 Å². The van der Waals surface area contributed by atoms with Crippen LogP contribution in [0.3, 0.4) is 0 Å². The lowest BCUT2D eigenvalue weighted by atomic mass is 9.98. The van der Waals surface area contributed by atoms with Crippen LogP contribution < -0.4 is 26.3 Å². The molecule has 2 unspecified atom stereocenters. The summed E-state index contributed by atoms with van der Waals surface area (Å²) < 4.78 is 9.37. The number of aryl methyl sites for hydroxylation is 3. The fourth-order valence-electron chi connectivity index (χ4n) is 6.58. The lowest BCUT2D eigenvalue weighted by molar-refractivity contribution is -0.670. The summed E-state index contributed by atoms with van der Waals surface area (Å²) in [4.78, 5) is 33.8. The normalized spacial score (nSPS) is 13.6. The fraction of sp³-hybridized carbons (Fsp3) is 0.435. The summed E-state index contributed by atoms with van der Waals surface area (Å²) >= 11 is 1.78. The first kappa shape index (κ1) is 47.5. The summed E-state index contributed by atoms with van der Waals surface area (Å²) in [6, 6.07) is 23.5. The minimum Gasteiger partial charge on any atom is -0.449 e. The van der Waals surface area contributed by atoms with Gasteiger partial charge in [-0.25, -0.2) is 19.3 Å². The second-order valence-electron chi connectivity index (χ2n) is 14.8. The van der Waals surface area contributed by atoms with Gasteiger partial charge in [0.2, 0.25) is 12.2 Å². The number of nitrogens with two attached hydrogens (primary N) is 2. The number of benzene rings is 3. The van der Waals surface area contributed by atoms with Crippen molar-refractivity contribution in [3.63, 3.8) is 0 Å². The first-order valence-corrected chi connectivity index (χ1v) is 21.4. The zero-order valence-corrected chi connectivity index (χ0v) is 37.1. The molecule has 0 radical (unpaired) electrons. The summed E-state index contributed by atoms with van der Waals surface area (Å²) in [6.07, 6.45) is 9.71. The Hall–Kier alpha value is -4.91. The number of fused-ring (bicyclic) bond motifs is 4. The van der Waals surface area contributed by atoms with E-state index in [0.29, 0.717) is 13.0 Å². The van der Waals surface area contributed by atoms with Gasteiger partial charge in [0.25, 0.3) is 0 Å². The molecule has 11 nitrogen and oxygen atoms in total. The predicted molar refractivity (Wildman–Crippen MR) is 239 cm³/mol. The molecule has 2 atom stereocenters. The number of nitrogens with one attached hydrogen (secondary N) is 2. The van der Waals surface area contributed by atoms with Crippen LogP contribution in [-0.2, 0) is 36.5 Å². The van der Waals surface area contributed by atoms with Gasteiger partial charge in [-0.1, -0.05) is 68.4 Å². The van der Waals surface area contributed by atoms with Crippen LogP contribution in [0.2, 0.25) is 0 Å². The van der Waals surface area contributed by atoms with Gasteiger partial charge in [-0.05, 0) is 81.5 Å². The number of thioether (sulfide) groups is 1. The summed E-state index contributed by atoms with van der Waals surface area (Å²) in [5.41, 5.74) is 20.8. The van der Waals surface area contributed by atoms with Crippen molar-refractivity contribution >= 4 is 29.4 Å². The third kappa shape index (κ3) is 14.5. The van der Waals surface area contributed by atoms with E-state index in [-0.39, 0.29) is 36.0 Å². The van der Waals surface area contributed by atoms with Gasteiger partial charge in [-0.15, -0.1) is 11.8 Å². The quantitative estimate of drug-likeness (QED) is 0.117. The Bertz CT molecular complexity index is 1960. The second kappa shape index (κ2) is 24.1. The number of amides is 2. The number of alkyl carbamates (subject to hydrolysis) is 1. The number of carbonyl (C=O) groups excluding carboxylic acids is 2. The summed E-state index contributed by atoms with van der Waals surface area (Å²) in [5, 5.41) is 2.75. The SMILES string of the molecule is CC.CC(C)NC(=O)OCC1c2ccccc2-c2ccccc21.CC(N)Cc1c[n+](C)c[nH]1.CC(N)Cc1cncn1C.CCN1C(=O)CCSc2ccc(C)cc21. The Morgan fingerprint density at radius 3 is 2.14 bits per heavy atom. The molecule has 3 heterocycles. The number of imidazole rings is 2. The van der Waals surface area contributed by atoms with Gasteiger partial charge in [-0.3, -0.25) is 4.79 Å². The van der Waals surface area contributed by atoms with Crippen LogP contribution in [-0.4, -0.2) is 63.6 Å². The van der Waals surface area contributed by atoms with Gasteiger partial charge < -0.3 is 31.0 Å². The number of ether oxygens (including phenoxy) is 1. The molecular weight excluding hydrogens is 745 g/mol. The smallest absolute Gasteiger partial charge is 0.407 e. The molecule has 0 saturated heterocycles. The highest BCUT2D eigenvalue weighted by Crippen LogP contribution is 2.44. The van der Waals surface area contributed by atoms with Crippen molar-refractivity contribution in [3.8, 4) is 11.1 Å². The number of rotatable bonds is 8. The summed E-state index contributed by atoms with van der Waals surface area (Å²) in [5.74, 6) is 1.26. The Morgan fingerprint density at radius 2 is 1.62 bits per heavy atom. The molecule has 3 aromatic carbocycles. The van der Waals surface area contributed by atoms with Crippen molar-refractivity contribution in [1.29, 1.82) is 0 Å². The number of hydrogen-bond acceptors (Lipinski definition) is 7. The third-order valence-electron chi connectivity index (χ3n) is 9.15. The largest absolute Gasteiger partial charge is 0.449 e. The van der Waals surface area contributed by atoms with Gasteiger partial charge in [0.1, 0.15) is 18.5 Å². The average Bonchev–Trinajstić information content (AvgIpc) is 3.85. The van der Waals surface area contributed by atoms with Crippen molar-refractivity contribution in [1.82, 2.24) is 19.9 Å². The zero-order chi connectivity index (χ0) is 42.8. The first-order valence-electron chi connectivity index (χ1n) is 20.4. The van der Waals surface area contributed by atoms with Crippen molar-refractivity contribution < 1.29 is 18.9 Å². The fourth-order valence-corrected chi connectivity index (χ4v) is 7.55. The van der Waals surface area contributed by atoms with Crippen LogP contribution in [0.5, 0.6) is 0 Å². The van der Waals surface area contributed by atoms with Crippen molar-refractivity contribution in [2.45, 2.75) is 104 Å². The van der Waals surface area contributed by atoms with E-state index in [2.05, 4.69) is 64.7 Å². The van der Waals surface area contributed by atoms with E-state index in [9.17, 15) is 9.59 Å². The van der Waals surface area contributed by atoms with Gasteiger partial charge in [-0.2, -0.15) is 0 Å². The Balaban J connectivity index is 0.000000214. The topological polar surface area (TPSA) is 148 Å². The average molecular weight is 812 g/mol. The van der Waals surface area contributed by atoms with Crippen molar-refractivity contribution in [3.05, 3.63) is 120 Å². The lowest BCUT2D eigenvalue weighted by Crippen LogP contribution is -2.31. The predicted octanol–water partition coefficient (Wildman–Crippen LogP) is 7.84. The molecule has 5 aromatic rings. The minimum atomic E-state index is -0.355. The molecule has 2 aliphatic rings. The minimum absolute atomic E-state index is 0.0839. The van der Waals surface area contributed by atoms with E-state index in [0.717, 1.165) is 30.8 Å². The number of aromatic amines is 1. The van der Waals surface area contributed by atoms with E-state index < -0.39 is 0 Å². The lowest BCUT2D eigenvalue weighted by Gasteiger charge is -2.21. The standard InChI is InChI=1S/C18H19NO2.C12H15NOS.2C7H13N3.C2H6/c1-12(2)19-18(20)21-11-17-15-9-5-3-7-13(15)14-8-4-6-10-16(14)17;1-3-13-10-8-9(2)4-5-11(10)15-7-6-12(13)14;1-6(8)3-7-4-10(2)5-9-7;1-6(8)3-7-4-9-5-10(7)2;1-2/h3-10,12,17H,11H2,1-2H3,(H,19,20);4-5,8H,3,6-7H2,1-2H3;2*4-6H,3,8H2,1-2H3;1-2H3/p+1. The first-order chi connectivity index (χ1) is 27.8. The molecule has 0 saturated carbocycles. The molecule has 6 N–H and O–H groups in total. The van der Waals surface area contributed by atoms with Gasteiger partial charge >= 0.3 is 6.09 Å². The Morgan fingerprint density at radius 1 is 1.00 bits per heavy atom. The van der Waals surface area contributed by atoms with Crippen LogP contribution >= 0.6 is 11.8 Å². The number of nitrogens with zero attached hydrogens (tertiary/aromatic N) is 4. The van der Waals surface area contributed by atoms with Crippen molar-refractivity contribution in [2.75, 3.05) is 23.8 Å². The van der Waals surface area contributed by atoms with Crippen LogP contribution in [0, 0.1) is 6.92 Å². The third-order valence-corrected chi connectivity index (χ3v) is 10.2. The molecule has 1 aliphatic carbocycles. The number of carbonyl (C=O) groups is 2. The highest BCUT2D eigenvalue weighted by Gasteiger charge is 2.29. The molecule has 1 aliphatic heterocycles. The molecule has 0 fully saturated rings. The molecule has 7 rings (SSSR count). The van der Waals surface area contributed by atoms with Crippen LogP contribution in [0.1, 0.15) is 88.9 Å². The number of hydrogen-bond donors (Lipinski definition) is 4. The van der Waals surface area contributed by atoms with E-state index in [1.807, 2.05) is 120 Å². The Kier molecular flexibility index (Phi) is 19.7. The van der Waals surface area contributed by atoms with E-state index in [1.54, 1.807) is 18.1 Å². The van der Waals surface area contributed by atoms with Gasteiger partial charge in [0, 0.05) is 79.4 Å².